The van der Waals surface area contributed by atoms with Gasteiger partial charge < -0.3 is 15.2 Å². The van der Waals surface area contributed by atoms with Crippen molar-refractivity contribution in [2.45, 2.75) is 32.4 Å². The number of carboxylic acids is 1. The van der Waals surface area contributed by atoms with Gasteiger partial charge in [-0.3, -0.25) is 4.79 Å². The summed E-state index contributed by atoms with van der Waals surface area (Å²) in [6, 6.07) is 11.9. The van der Waals surface area contributed by atoms with Crippen LogP contribution in [0.25, 0.3) is 0 Å². The van der Waals surface area contributed by atoms with Gasteiger partial charge in [-0.15, -0.1) is 0 Å². The summed E-state index contributed by atoms with van der Waals surface area (Å²) in [6.45, 7) is -1.17. The SMILES string of the molecule is CCC(NC(=O)Cc1ccccc1C(=O)O)c1ccccc1OC(F)F. The summed E-state index contributed by atoms with van der Waals surface area (Å²) in [6.07, 6.45) is 0.326. The summed E-state index contributed by atoms with van der Waals surface area (Å²) < 4.78 is 29.7. The third kappa shape index (κ3) is 5.02. The summed E-state index contributed by atoms with van der Waals surface area (Å²) in [7, 11) is 0. The highest BCUT2D eigenvalue weighted by atomic mass is 19.3. The maximum Gasteiger partial charge on any atom is 0.387 e. The first-order chi connectivity index (χ1) is 12.4. The maximum absolute atomic E-state index is 12.6. The Bertz CT molecular complexity index is 780. The number of alkyl halides is 2. The molecule has 1 amide bonds. The van der Waals surface area contributed by atoms with Crippen LogP contribution in [0.1, 0.15) is 40.9 Å². The molecule has 0 aromatic heterocycles. The Kier molecular flexibility index (Phi) is 6.66. The smallest absolute Gasteiger partial charge is 0.387 e. The zero-order chi connectivity index (χ0) is 19.1. The Morgan fingerprint density at radius 3 is 2.42 bits per heavy atom. The van der Waals surface area contributed by atoms with E-state index >= 15 is 0 Å². The van der Waals surface area contributed by atoms with Crippen LogP contribution in [0.3, 0.4) is 0 Å². The molecule has 0 aliphatic rings. The number of benzene rings is 2. The molecule has 7 heteroatoms. The first-order valence-corrected chi connectivity index (χ1v) is 8.06. The van der Waals surface area contributed by atoms with E-state index < -0.39 is 24.5 Å². The molecule has 0 fully saturated rings. The molecule has 2 aromatic carbocycles. The van der Waals surface area contributed by atoms with E-state index in [1.807, 2.05) is 0 Å². The Morgan fingerprint density at radius 2 is 1.77 bits per heavy atom. The zero-order valence-electron chi connectivity index (χ0n) is 14.1. The first kappa shape index (κ1) is 19.4. The Morgan fingerprint density at radius 1 is 1.12 bits per heavy atom. The number of ether oxygens (including phenoxy) is 1. The largest absolute Gasteiger partial charge is 0.478 e. The second kappa shape index (κ2) is 8.94. The molecule has 0 saturated heterocycles. The summed E-state index contributed by atoms with van der Waals surface area (Å²) >= 11 is 0. The molecule has 0 bridgehead atoms. The molecule has 0 aliphatic heterocycles. The fourth-order valence-corrected chi connectivity index (χ4v) is 2.67. The van der Waals surface area contributed by atoms with Crippen molar-refractivity contribution in [1.82, 2.24) is 5.32 Å². The Balaban J connectivity index is 2.16. The summed E-state index contributed by atoms with van der Waals surface area (Å²) in [5, 5.41) is 11.9. The predicted molar refractivity (Wildman–Crippen MR) is 91.4 cm³/mol. The molecule has 5 nitrogen and oxygen atoms in total. The van der Waals surface area contributed by atoms with E-state index in [4.69, 9.17) is 0 Å². The number of hydrogen-bond donors (Lipinski definition) is 2. The molecule has 26 heavy (non-hydrogen) atoms. The molecule has 0 aliphatic carbocycles. The van der Waals surface area contributed by atoms with Crippen molar-refractivity contribution >= 4 is 11.9 Å². The maximum atomic E-state index is 12.6. The molecule has 1 unspecified atom stereocenters. The molecule has 2 N–H and O–H groups in total. The van der Waals surface area contributed by atoms with Crippen LogP contribution in [0.4, 0.5) is 8.78 Å². The van der Waals surface area contributed by atoms with Gasteiger partial charge in [-0.05, 0) is 24.1 Å². The van der Waals surface area contributed by atoms with Crippen molar-refractivity contribution in [1.29, 1.82) is 0 Å². The summed E-state index contributed by atoms with van der Waals surface area (Å²) in [5.74, 6) is -1.52. The third-order valence-corrected chi connectivity index (χ3v) is 3.85. The number of hydrogen-bond acceptors (Lipinski definition) is 3. The highest BCUT2D eigenvalue weighted by Crippen LogP contribution is 2.28. The van der Waals surface area contributed by atoms with E-state index in [1.165, 1.54) is 12.1 Å². The summed E-state index contributed by atoms with van der Waals surface area (Å²) in [4.78, 5) is 23.6. The van der Waals surface area contributed by atoms with Crippen LogP contribution >= 0.6 is 0 Å². The van der Waals surface area contributed by atoms with E-state index in [2.05, 4.69) is 10.1 Å². The molecule has 1 atom stereocenters. The van der Waals surface area contributed by atoms with Crippen molar-refractivity contribution in [2.24, 2.45) is 0 Å². The number of carbonyl (C=O) groups excluding carboxylic acids is 1. The second-order valence-electron chi connectivity index (χ2n) is 5.58. The van der Waals surface area contributed by atoms with Gasteiger partial charge in [0.2, 0.25) is 5.91 Å². The number of carbonyl (C=O) groups is 2. The lowest BCUT2D eigenvalue weighted by Crippen LogP contribution is -2.30. The third-order valence-electron chi connectivity index (χ3n) is 3.85. The summed E-state index contributed by atoms with van der Waals surface area (Å²) in [5.41, 5.74) is 0.872. The lowest BCUT2D eigenvalue weighted by molar-refractivity contribution is -0.121. The van der Waals surface area contributed by atoms with E-state index in [1.54, 1.807) is 43.3 Å². The van der Waals surface area contributed by atoms with Crippen molar-refractivity contribution < 1.29 is 28.2 Å². The van der Waals surface area contributed by atoms with Gasteiger partial charge in [-0.2, -0.15) is 8.78 Å². The van der Waals surface area contributed by atoms with Gasteiger partial charge in [-0.25, -0.2) is 4.79 Å². The van der Waals surface area contributed by atoms with Gasteiger partial charge in [-0.1, -0.05) is 43.3 Å². The molecule has 2 aromatic rings. The number of halogens is 2. The minimum atomic E-state index is -2.97. The van der Waals surface area contributed by atoms with Gasteiger partial charge in [0.25, 0.3) is 0 Å². The predicted octanol–water partition coefficient (Wildman–Crippen LogP) is 3.80. The number of para-hydroxylation sites is 1. The van der Waals surface area contributed by atoms with Crippen molar-refractivity contribution in [3.05, 3.63) is 65.2 Å². The normalized spacial score (nSPS) is 11.8. The molecule has 2 rings (SSSR count). The molecular weight excluding hydrogens is 344 g/mol. The number of amides is 1. The standard InChI is InChI=1S/C19H19F2NO4/c1-2-15(14-9-5-6-10-16(14)26-19(20)21)22-17(23)11-12-7-3-4-8-13(12)18(24)25/h3-10,15,19H,2,11H2,1H3,(H,22,23)(H,24,25). The van der Waals surface area contributed by atoms with Crippen molar-refractivity contribution in [2.75, 3.05) is 0 Å². The van der Waals surface area contributed by atoms with E-state index in [0.717, 1.165) is 0 Å². The van der Waals surface area contributed by atoms with Gasteiger partial charge >= 0.3 is 12.6 Å². The topological polar surface area (TPSA) is 75.6 Å². The van der Waals surface area contributed by atoms with Crippen LogP contribution in [0, 0.1) is 0 Å². The van der Waals surface area contributed by atoms with Crippen molar-refractivity contribution in [3.63, 3.8) is 0 Å². The van der Waals surface area contributed by atoms with Gasteiger partial charge in [0.15, 0.2) is 0 Å². The van der Waals surface area contributed by atoms with E-state index in [0.29, 0.717) is 17.5 Å². The minimum absolute atomic E-state index is 0.000543. The number of carboxylic acid groups (broad SMARTS) is 1. The van der Waals surface area contributed by atoms with Crippen LogP contribution in [0.15, 0.2) is 48.5 Å². The number of aromatic carboxylic acids is 1. The highest BCUT2D eigenvalue weighted by molar-refractivity contribution is 5.91. The Labute approximate surface area is 149 Å². The van der Waals surface area contributed by atoms with Crippen LogP contribution in [0.5, 0.6) is 5.75 Å². The van der Waals surface area contributed by atoms with Crippen molar-refractivity contribution in [3.8, 4) is 5.75 Å². The second-order valence-corrected chi connectivity index (χ2v) is 5.58. The van der Waals surface area contributed by atoms with E-state index in [-0.39, 0.29) is 17.7 Å². The fraction of sp³-hybridized carbons (Fsp3) is 0.263. The fourth-order valence-electron chi connectivity index (χ4n) is 2.67. The molecule has 0 radical (unpaired) electrons. The molecule has 138 valence electrons. The Hall–Kier alpha value is -2.96. The molecule has 0 saturated carbocycles. The van der Waals surface area contributed by atoms with Gasteiger partial charge in [0.1, 0.15) is 5.75 Å². The van der Waals surface area contributed by atoms with Crippen LogP contribution < -0.4 is 10.1 Å². The minimum Gasteiger partial charge on any atom is -0.478 e. The monoisotopic (exact) mass is 363 g/mol. The van der Waals surface area contributed by atoms with Crippen LogP contribution in [-0.4, -0.2) is 23.6 Å². The quantitative estimate of drug-likeness (QED) is 0.748. The van der Waals surface area contributed by atoms with Crippen LogP contribution in [0.2, 0.25) is 0 Å². The molecule has 0 heterocycles. The lowest BCUT2D eigenvalue weighted by Gasteiger charge is -2.20. The average Bonchev–Trinajstić information content (AvgIpc) is 2.60. The highest BCUT2D eigenvalue weighted by Gasteiger charge is 2.20. The number of rotatable bonds is 8. The molecule has 0 spiro atoms. The average molecular weight is 363 g/mol. The lowest BCUT2D eigenvalue weighted by atomic mass is 10.0. The van der Waals surface area contributed by atoms with Crippen LogP contribution in [-0.2, 0) is 11.2 Å². The first-order valence-electron chi connectivity index (χ1n) is 8.06. The van der Waals surface area contributed by atoms with E-state index in [9.17, 15) is 23.5 Å². The zero-order valence-corrected chi connectivity index (χ0v) is 14.1. The molecular formula is C19H19F2NO4. The van der Waals surface area contributed by atoms with Gasteiger partial charge in [0, 0.05) is 5.56 Å². The number of nitrogens with one attached hydrogen (secondary N) is 1. The van der Waals surface area contributed by atoms with Gasteiger partial charge in [0.05, 0.1) is 18.0 Å².